The Morgan fingerprint density at radius 3 is 2.50 bits per heavy atom. The van der Waals surface area contributed by atoms with Crippen LogP contribution in [0.25, 0.3) is 0 Å². The number of aliphatic carboxylic acids is 1. The molecule has 0 spiro atoms. The third-order valence-corrected chi connectivity index (χ3v) is 4.15. The van der Waals surface area contributed by atoms with Gasteiger partial charge < -0.3 is 19.6 Å². The molecule has 2 fully saturated rings. The van der Waals surface area contributed by atoms with Crippen molar-refractivity contribution in [3.05, 3.63) is 0 Å². The Morgan fingerprint density at radius 2 is 1.90 bits per heavy atom. The summed E-state index contributed by atoms with van der Waals surface area (Å²) in [6.07, 6.45) is 3.76. The van der Waals surface area contributed by atoms with Crippen LogP contribution in [0.5, 0.6) is 0 Å². The summed E-state index contributed by atoms with van der Waals surface area (Å²) in [7, 11) is 0. The SMILES string of the molecule is CCOC1CCN(C(=O)N2CCCC2CC(=O)O)CC1. The van der Waals surface area contributed by atoms with Gasteiger partial charge >= 0.3 is 12.0 Å². The van der Waals surface area contributed by atoms with E-state index in [2.05, 4.69) is 0 Å². The molecular weight excluding hydrogens is 260 g/mol. The maximum atomic E-state index is 12.5. The summed E-state index contributed by atoms with van der Waals surface area (Å²) in [5, 5.41) is 8.91. The first-order valence-electron chi connectivity index (χ1n) is 7.50. The Hall–Kier alpha value is -1.30. The molecule has 0 radical (unpaired) electrons. The minimum atomic E-state index is -0.829. The first-order chi connectivity index (χ1) is 9.61. The van der Waals surface area contributed by atoms with Gasteiger partial charge in [-0.2, -0.15) is 0 Å². The maximum absolute atomic E-state index is 12.5. The van der Waals surface area contributed by atoms with Crippen molar-refractivity contribution in [3.63, 3.8) is 0 Å². The van der Waals surface area contributed by atoms with Gasteiger partial charge in [0.1, 0.15) is 0 Å². The molecule has 20 heavy (non-hydrogen) atoms. The van der Waals surface area contributed by atoms with Crippen molar-refractivity contribution in [1.29, 1.82) is 0 Å². The van der Waals surface area contributed by atoms with Gasteiger partial charge in [0.05, 0.1) is 12.5 Å². The van der Waals surface area contributed by atoms with E-state index in [1.165, 1.54) is 0 Å². The fourth-order valence-electron chi connectivity index (χ4n) is 3.13. The molecule has 0 saturated carbocycles. The predicted octanol–water partition coefficient (Wildman–Crippen LogP) is 1.55. The summed E-state index contributed by atoms with van der Waals surface area (Å²) in [6.45, 7) is 4.80. The molecule has 2 aliphatic heterocycles. The summed E-state index contributed by atoms with van der Waals surface area (Å²) in [5.74, 6) is -0.829. The van der Waals surface area contributed by atoms with Crippen LogP contribution in [0.15, 0.2) is 0 Å². The Morgan fingerprint density at radius 1 is 1.20 bits per heavy atom. The number of hydrogen-bond donors (Lipinski definition) is 1. The molecular formula is C14H24N2O4. The van der Waals surface area contributed by atoms with Gasteiger partial charge in [0, 0.05) is 32.3 Å². The van der Waals surface area contributed by atoms with Crippen LogP contribution in [0.1, 0.15) is 39.0 Å². The fourth-order valence-corrected chi connectivity index (χ4v) is 3.13. The third-order valence-electron chi connectivity index (χ3n) is 4.15. The second kappa shape index (κ2) is 6.92. The quantitative estimate of drug-likeness (QED) is 0.850. The van der Waals surface area contributed by atoms with Gasteiger partial charge in [0.2, 0.25) is 0 Å². The standard InChI is InChI=1S/C14H24N2O4/c1-2-20-12-5-8-15(9-6-12)14(19)16-7-3-4-11(16)10-13(17)18/h11-12H,2-10H2,1H3,(H,17,18). The number of hydrogen-bond acceptors (Lipinski definition) is 3. The highest BCUT2D eigenvalue weighted by Crippen LogP contribution is 2.23. The predicted molar refractivity (Wildman–Crippen MR) is 73.6 cm³/mol. The lowest BCUT2D eigenvalue weighted by Gasteiger charge is -2.36. The molecule has 0 aromatic carbocycles. The first kappa shape index (κ1) is 15.1. The number of ether oxygens (including phenoxy) is 1. The summed E-state index contributed by atoms with van der Waals surface area (Å²) in [6, 6.07) is -0.131. The van der Waals surface area contributed by atoms with Gasteiger partial charge in [-0.25, -0.2) is 4.79 Å². The average molecular weight is 284 g/mol. The zero-order valence-electron chi connectivity index (χ0n) is 12.1. The number of amides is 2. The summed E-state index contributed by atoms with van der Waals surface area (Å²) < 4.78 is 5.58. The van der Waals surface area contributed by atoms with Crippen molar-refractivity contribution in [2.45, 2.75) is 51.2 Å². The zero-order valence-corrected chi connectivity index (χ0v) is 12.1. The van der Waals surface area contributed by atoms with E-state index in [-0.39, 0.29) is 24.6 Å². The first-order valence-corrected chi connectivity index (χ1v) is 7.50. The summed E-state index contributed by atoms with van der Waals surface area (Å²) in [4.78, 5) is 26.9. The smallest absolute Gasteiger partial charge is 0.320 e. The van der Waals surface area contributed by atoms with E-state index in [1.54, 1.807) is 4.90 Å². The van der Waals surface area contributed by atoms with Crippen molar-refractivity contribution in [2.24, 2.45) is 0 Å². The molecule has 2 heterocycles. The van der Waals surface area contributed by atoms with E-state index in [4.69, 9.17) is 9.84 Å². The van der Waals surface area contributed by atoms with Crippen LogP contribution in [0.4, 0.5) is 4.79 Å². The number of carboxylic acid groups (broad SMARTS) is 1. The molecule has 2 rings (SSSR count). The number of rotatable bonds is 4. The second-order valence-corrected chi connectivity index (χ2v) is 5.51. The summed E-state index contributed by atoms with van der Waals surface area (Å²) in [5.41, 5.74) is 0. The number of piperidine rings is 1. The van der Waals surface area contributed by atoms with Crippen LogP contribution in [0.2, 0.25) is 0 Å². The Bertz CT molecular complexity index is 353. The van der Waals surface area contributed by atoms with E-state index in [1.807, 2.05) is 11.8 Å². The normalized spacial score (nSPS) is 24.1. The molecule has 6 heteroatoms. The van der Waals surface area contributed by atoms with E-state index in [0.29, 0.717) is 26.2 Å². The van der Waals surface area contributed by atoms with Gasteiger partial charge in [-0.15, -0.1) is 0 Å². The van der Waals surface area contributed by atoms with E-state index in [9.17, 15) is 9.59 Å². The molecule has 114 valence electrons. The van der Waals surface area contributed by atoms with Crippen LogP contribution in [-0.2, 0) is 9.53 Å². The number of carboxylic acids is 1. The molecule has 0 aliphatic carbocycles. The van der Waals surface area contributed by atoms with Gasteiger partial charge in [-0.05, 0) is 32.6 Å². The van der Waals surface area contributed by atoms with Gasteiger partial charge in [-0.3, -0.25) is 4.79 Å². The van der Waals surface area contributed by atoms with Crippen LogP contribution < -0.4 is 0 Å². The Balaban J connectivity index is 1.86. The third kappa shape index (κ3) is 3.62. The largest absolute Gasteiger partial charge is 0.481 e. The van der Waals surface area contributed by atoms with Crippen molar-refractivity contribution in [2.75, 3.05) is 26.2 Å². The van der Waals surface area contributed by atoms with E-state index >= 15 is 0 Å². The lowest BCUT2D eigenvalue weighted by atomic mass is 10.1. The highest BCUT2D eigenvalue weighted by molar-refractivity contribution is 5.76. The molecule has 2 saturated heterocycles. The van der Waals surface area contributed by atoms with E-state index in [0.717, 1.165) is 25.7 Å². The van der Waals surface area contributed by atoms with Crippen LogP contribution in [-0.4, -0.2) is 65.3 Å². The topological polar surface area (TPSA) is 70.1 Å². The van der Waals surface area contributed by atoms with Gasteiger partial charge in [0.15, 0.2) is 0 Å². The molecule has 6 nitrogen and oxygen atoms in total. The molecule has 1 atom stereocenters. The number of carbonyl (C=O) groups excluding carboxylic acids is 1. The maximum Gasteiger partial charge on any atom is 0.320 e. The lowest BCUT2D eigenvalue weighted by molar-refractivity contribution is -0.138. The van der Waals surface area contributed by atoms with Crippen LogP contribution in [0, 0.1) is 0 Å². The zero-order chi connectivity index (χ0) is 14.5. The second-order valence-electron chi connectivity index (χ2n) is 5.51. The van der Waals surface area contributed by atoms with Gasteiger partial charge in [0.25, 0.3) is 0 Å². The Kier molecular flexibility index (Phi) is 5.23. The molecule has 0 aromatic rings. The van der Waals surface area contributed by atoms with Gasteiger partial charge in [-0.1, -0.05) is 0 Å². The van der Waals surface area contributed by atoms with Crippen molar-refractivity contribution in [3.8, 4) is 0 Å². The summed E-state index contributed by atoms with van der Waals surface area (Å²) >= 11 is 0. The van der Waals surface area contributed by atoms with Crippen molar-refractivity contribution in [1.82, 2.24) is 9.80 Å². The highest BCUT2D eigenvalue weighted by atomic mass is 16.5. The minimum absolute atomic E-state index is 0.00342. The molecule has 1 N–H and O–H groups in total. The number of likely N-dealkylation sites (tertiary alicyclic amines) is 2. The highest BCUT2D eigenvalue weighted by Gasteiger charge is 2.34. The minimum Gasteiger partial charge on any atom is -0.481 e. The molecule has 1 unspecified atom stereocenters. The number of carbonyl (C=O) groups is 2. The molecule has 2 amide bonds. The fraction of sp³-hybridized carbons (Fsp3) is 0.857. The van der Waals surface area contributed by atoms with E-state index < -0.39 is 5.97 Å². The number of nitrogens with zero attached hydrogens (tertiary/aromatic N) is 2. The monoisotopic (exact) mass is 284 g/mol. The van der Waals surface area contributed by atoms with Crippen LogP contribution >= 0.6 is 0 Å². The molecule has 0 bridgehead atoms. The van der Waals surface area contributed by atoms with Crippen molar-refractivity contribution >= 4 is 12.0 Å². The number of urea groups is 1. The van der Waals surface area contributed by atoms with Crippen molar-refractivity contribution < 1.29 is 19.4 Å². The average Bonchev–Trinajstić information content (AvgIpc) is 2.86. The molecule has 2 aliphatic rings. The Labute approximate surface area is 119 Å². The lowest BCUT2D eigenvalue weighted by Crippen LogP contribution is -2.49. The van der Waals surface area contributed by atoms with Crippen LogP contribution in [0.3, 0.4) is 0 Å². The molecule has 0 aromatic heterocycles.